The van der Waals surface area contributed by atoms with Gasteiger partial charge < -0.3 is 10.3 Å². The number of halogens is 1. The SMILES string of the molecule is CC(CS(C)(=O)=O)n1c(N)nc2cc(Cl)ccc21. The number of imidazole rings is 1. The fourth-order valence-electron chi connectivity index (χ4n) is 2.07. The first-order valence-corrected chi connectivity index (χ1v) is 7.82. The fourth-order valence-corrected chi connectivity index (χ4v) is 3.26. The number of aromatic nitrogens is 2. The van der Waals surface area contributed by atoms with Crippen LogP contribution in [0.3, 0.4) is 0 Å². The van der Waals surface area contributed by atoms with Crippen LogP contribution in [0.5, 0.6) is 0 Å². The van der Waals surface area contributed by atoms with E-state index >= 15 is 0 Å². The Hall–Kier alpha value is -1.27. The van der Waals surface area contributed by atoms with E-state index in [-0.39, 0.29) is 11.8 Å². The second-order valence-electron chi connectivity index (χ2n) is 4.41. The van der Waals surface area contributed by atoms with Gasteiger partial charge in [-0.05, 0) is 25.1 Å². The van der Waals surface area contributed by atoms with E-state index in [9.17, 15) is 8.42 Å². The van der Waals surface area contributed by atoms with E-state index in [0.29, 0.717) is 16.5 Å². The number of rotatable bonds is 3. The summed E-state index contributed by atoms with van der Waals surface area (Å²) in [5.74, 6) is 0.314. The average Bonchev–Trinajstić information content (AvgIpc) is 2.50. The van der Waals surface area contributed by atoms with Gasteiger partial charge in [-0.1, -0.05) is 11.6 Å². The molecular weight excluding hydrogens is 274 g/mol. The van der Waals surface area contributed by atoms with Gasteiger partial charge >= 0.3 is 0 Å². The minimum atomic E-state index is -3.07. The largest absolute Gasteiger partial charge is 0.369 e. The predicted octanol–water partition coefficient (Wildman–Crippen LogP) is 1.88. The molecule has 98 valence electrons. The highest BCUT2D eigenvalue weighted by Gasteiger charge is 2.18. The van der Waals surface area contributed by atoms with Crippen molar-refractivity contribution in [3.63, 3.8) is 0 Å². The number of benzene rings is 1. The van der Waals surface area contributed by atoms with Crippen LogP contribution >= 0.6 is 11.6 Å². The van der Waals surface area contributed by atoms with Gasteiger partial charge in [0.2, 0.25) is 5.95 Å². The Kier molecular flexibility index (Phi) is 3.25. The molecule has 1 aromatic carbocycles. The first-order chi connectivity index (χ1) is 8.28. The molecule has 0 radical (unpaired) electrons. The lowest BCUT2D eigenvalue weighted by Crippen LogP contribution is -2.18. The second kappa shape index (κ2) is 4.44. The van der Waals surface area contributed by atoms with E-state index in [1.54, 1.807) is 29.7 Å². The van der Waals surface area contributed by atoms with Gasteiger partial charge in [-0.2, -0.15) is 0 Å². The van der Waals surface area contributed by atoms with Gasteiger partial charge in [-0.3, -0.25) is 0 Å². The van der Waals surface area contributed by atoms with E-state index < -0.39 is 9.84 Å². The maximum Gasteiger partial charge on any atom is 0.201 e. The van der Waals surface area contributed by atoms with Crippen molar-refractivity contribution in [1.29, 1.82) is 0 Å². The van der Waals surface area contributed by atoms with Crippen molar-refractivity contribution >= 4 is 38.4 Å². The van der Waals surface area contributed by atoms with Gasteiger partial charge in [-0.25, -0.2) is 13.4 Å². The molecule has 2 N–H and O–H groups in total. The molecule has 0 saturated heterocycles. The van der Waals surface area contributed by atoms with Crippen LogP contribution in [0.1, 0.15) is 13.0 Å². The van der Waals surface area contributed by atoms with Crippen LogP contribution < -0.4 is 5.73 Å². The van der Waals surface area contributed by atoms with Gasteiger partial charge in [-0.15, -0.1) is 0 Å². The summed E-state index contributed by atoms with van der Waals surface area (Å²) >= 11 is 5.88. The first-order valence-electron chi connectivity index (χ1n) is 5.38. The zero-order valence-electron chi connectivity index (χ0n) is 10.1. The van der Waals surface area contributed by atoms with Crippen LogP contribution in [0, 0.1) is 0 Å². The van der Waals surface area contributed by atoms with E-state index in [2.05, 4.69) is 4.98 Å². The summed E-state index contributed by atoms with van der Waals surface area (Å²) < 4.78 is 24.4. The summed E-state index contributed by atoms with van der Waals surface area (Å²) in [7, 11) is -3.07. The number of nitrogens with zero attached hydrogens (tertiary/aromatic N) is 2. The molecule has 0 spiro atoms. The van der Waals surface area contributed by atoms with E-state index in [1.807, 2.05) is 0 Å². The number of hydrogen-bond donors (Lipinski definition) is 1. The Morgan fingerprint density at radius 1 is 1.50 bits per heavy atom. The monoisotopic (exact) mass is 287 g/mol. The normalized spacial score (nSPS) is 13.9. The van der Waals surface area contributed by atoms with E-state index in [0.717, 1.165) is 5.52 Å². The zero-order chi connectivity index (χ0) is 13.5. The highest BCUT2D eigenvalue weighted by molar-refractivity contribution is 7.90. The minimum absolute atomic E-state index is 0.0191. The van der Waals surface area contributed by atoms with Gasteiger partial charge in [0.1, 0.15) is 9.84 Å². The summed E-state index contributed by atoms with van der Waals surface area (Å²) in [6, 6.07) is 4.96. The van der Waals surface area contributed by atoms with Crippen molar-refractivity contribution in [2.75, 3.05) is 17.7 Å². The molecule has 0 aliphatic carbocycles. The lowest BCUT2D eigenvalue weighted by atomic mass is 10.3. The number of fused-ring (bicyclic) bond motifs is 1. The molecule has 0 saturated carbocycles. The quantitative estimate of drug-likeness (QED) is 0.935. The molecule has 0 fully saturated rings. The fraction of sp³-hybridized carbons (Fsp3) is 0.364. The third kappa shape index (κ3) is 2.59. The Morgan fingerprint density at radius 2 is 2.17 bits per heavy atom. The van der Waals surface area contributed by atoms with Gasteiger partial charge in [0.25, 0.3) is 0 Å². The Balaban J connectivity index is 2.53. The van der Waals surface area contributed by atoms with Crippen molar-refractivity contribution in [1.82, 2.24) is 9.55 Å². The summed E-state index contributed by atoms with van der Waals surface area (Å²) in [4.78, 5) is 4.19. The summed E-state index contributed by atoms with van der Waals surface area (Å²) in [6.07, 6.45) is 1.20. The first kappa shape index (κ1) is 13.2. The number of anilines is 1. The molecule has 0 aliphatic rings. The summed E-state index contributed by atoms with van der Waals surface area (Å²) in [5.41, 5.74) is 7.29. The molecule has 1 aromatic heterocycles. The Labute approximate surface area is 110 Å². The molecule has 2 aromatic rings. The molecule has 0 aliphatic heterocycles. The molecule has 7 heteroatoms. The van der Waals surface area contributed by atoms with Crippen LogP contribution in [-0.2, 0) is 9.84 Å². The lowest BCUT2D eigenvalue weighted by molar-refractivity contribution is 0.571. The number of sulfone groups is 1. The number of nitrogen functional groups attached to an aromatic ring is 1. The predicted molar refractivity (Wildman–Crippen MR) is 73.6 cm³/mol. The van der Waals surface area contributed by atoms with Crippen molar-refractivity contribution in [3.05, 3.63) is 23.2 Å². The van der Waals surface area contributed by atoms with E-state index in [1.165, 1.54) is 6.26 Å². The molecule has 1 unspecified atom stereocenters. The van der Waals surface area contributed by atoms with Crippen molar-refractivity contribution in [2.45, 2.75) is 13.0 Å². The number of nitrogens with two attached hydrogens (primary N) is 1. The number of hydrogen-bond acceptors (Lipinski definition) is 4. The van der Waals surface area contributed by atoms with Crippen LogP contribution in [-0.4, -0.2) is 30.0 Å². The van der Waals surface area contributed by atoms with E-state index in [4.69, 9.17) is 17.3 Å². The van der Waals surface area contributed by atoms with Crippen LogP contribution in [0.15, 0.2) is 18.2 Å². The minimum Gasteiger partial charge on any atom is -0.369 e. The highest BCUT2D eigenvalue weighted by Crippen LogP contribution is 2.25. The Morgan fingerprint density at radius 3 is 2.78 bits per heavy atom. The third-order valence-corrected chi connectivity index (χ3v) is 3.99. The molecule has 5 nitrogen and oxygen atoms in total. The Bertz CT molecular complexity index is 694. The maximum absolute atomic E-state index is 11.3. The molecule has 1 atom stereocenters. The smallest absolute Gasteiger partial charge is 0.201 e. The molecule has 0 amide bonds. The van der Waals surface area contributed by atoms with Gasteiger partial charge in [0, 0.05) is 17.3 Å². The van der Waals surface area contributed by atoms with Gasteiger partial charge in [0.05, 0.1) is 16.8 Å². The molecule has 0 bridgehead atoms. The topological polar surface area (TPSA) is 78.0 Å². The van der Waals surface area contributed by atoms with Crippen LogP contribution in [0.25, 0.3) is 11.0 Å². The lowest BCUT2D eigenvalue weighted by Gasteiger charge is -2.14. The average molecular weight is 288 g/mol. The van der Waals surface area contributed by atoms with Crippen molar-refractivity contribution in [2.24, 2.45) is 0 Å². The molecule has 18 heavy (non-hydrogen) atoms. The van der Waals surface area contributed by atoms with Crippen molar-refractivity contribution in [3.8, 4) is 0 Å². The van der Waals surface area contributed by atoms with Gasteiger partial charge in [0.15, 0.2) is 0 Å². The second-order valence-corrected chi connectivity index (χ2v) is 7.04. The van der Waals surface area contributed by atoms with Crippen LogP contribution in [0.4, 0.5) is 5.95 Å². The van der Waals surface area contributed by atoms with Crippen LogP contribution in [0.2, 0.25) is 5.02 Å². The molecule has 2 rings (SSSR count). The highest BCUT2D eigenvalue weighted by atomic mass is 35.5. The standard InChI is InChI=1S/C11H14ClN3O2S/c1-7(6-18(2,16)17)15-10-4-3-8(12)5-9(10)14-11(15)13/h3-5,7H,6H2,1-2H3,(H2,13,14). The zero-order valence-corrected chi connectivity index (χ0v) is 11.7. The third-order valence-electron chi connectivity index (χ3n) is 2.66. The molecular formula is C11H14ClN3O2S. The summed E-state index contributed by atoms with van der Waals surface area (Å²) in [6.45, 7) is 1.80. The maximum atomic E-state index is 11.3. The summed E-state index contributed by atoms with van der Waals surface area (Å²) in [5, 5.41) is 0.572. The molecule has 1 heterocycles. The van der Waals surface area contributed by atoms with Crippen molar-refractivity contribution < 1.29 is 8.42 Å².